The van der Waals surface area contributed by atoms with Crippen molar-refractivity contribution in [2.24, 2.45) is 5.92 Å². The summed E-state index contributed by atoms with van der Waals surface area (Å²) in [4.78, 5) is 2.33. The lowest BCUT2D eigenvalue weighted by Crippen LogP contribution is -2.30. The highest BCUT2D eigenvalue weighted by Gasteiger charge is 2.14. The van der Waals surface area contributed by atoms with E-state index < -0.39 is 0 Å². The Morgan fingerprint density at radius 1 is 1.26 bits per heavy atom. The monoisotopic (exact) mass is 262 g/mol. The summed E-state index contributed by atoms with van der Waals surface area (Å²) in [5.74, 6) is 1.88. The van der Waals surface area contributed by atoms with Crippen molar-refractivity contribution in [2.45, 2.75) is 26.2 Å². The van der Waals surface area contributed by atoms with Gasteiger partial charge in [-0.25, -0.2) is 0 Å². The summed E-state index contributed by atoms with van der Waals surface area (Å²) in [6.45, 7) is 6.23. The molecule has 0 bridgehead atoms. The summed E-state index contributed by atoms with van der Waals surface area (Å²) in [7, 11) is 2.17. The third-order valence-electron chi connectivity index (χ3n) is 3.91. The predicted octanol–water partition coefficient (Wildman–Crippen LogP) is 2.91. The number of piperidine rings is 1. The molecule has 0 amide bonds. The van der Waals surface area contributed by atoms with Crippen LogP contribution in [0.3, 0.4) is 0 Å². The molecule has 106 valence electrons. The average molecular weight is 262 g/mol. The van der Waals surface area contributed by atoms with Gasteiger partial charge in [0.2, 0.25) is 0 Å². The van der Waals surface area contributed by atoms with E-state index in [0.717, 1.165) is 24.8 Å². The van der Waals surface area contributed by atoms with Crippen molar-refractivity contribution >= 4 is 5.69 Å². The largest absolute Gasteiger partial charge is 0.492 e. The van der Waals surface area contributed by atoms with Crippen LogP contribution in [0.25, 0.3) is 0 Å². The summed E-state index contributed by atoms with van der Waals surface area (Å²) in [5.41, 5.74) is 1.21. The van der Waals surface area contributed by atoms with Gasteiger partial charge in [-0.1, -0.05) is 12.1 Å². The first kappa shape index (κ1) is 14.2. The number of anilines is 1. The maximum absolute atomic E-state index is 5.70. The van der Waals surface area contributed by atoms with Crippen LogP contribution in [0.4, 0.5) is 5.69 Å². The van der Waals surface area contributed by atoms with Gasteiger partial charge >= 0.3 is 0 Å². The van der Waals surface area contributed by atoms with Crippen molar-refractivity contribution in [3.63, 3.8) is 0 Å². The normalized spacial score (nSPS) is 16.3. The van der Waals surface area contributed by atoms with E-state index in [2.05, 4.69) is 35.5 Å². The Kier molecular flexibility index (Phi) is 5.52. The summed E-state index contributed by atoms with van der Waals surface area (Å²) in [6, 6.07) is 8.32. The van der Waals surface area contributed by atoms with Gasteiger partial charge in [-0.05, 0) is 57.3 Å². The second kappa shape index (κ2) is 7.39. The first-order chi connectivity index (χ1) is 9.31. The molecular weight excluding hydrogens is 236 g/mol. The molecule has 1 aliphatic heterocycles. The summed E-state index contributed by atoms with van der Waals surface area (Å²) in [5, 5.41) is 3.43. The van der Waals surface area contributed by atoms with Crippen molar-refractivity contribution in [1.82, 2.24) is 5.32 Å². The van der Waals surface area contributed by atoms with Crippen molar-refractivity contribution in [3.8, 4) is 5.75 Å². The Morgan fingerprint density at radius 3 is 2.74 bits per heavy atom. The third-order valence-corrected chi connectivity index (χ3v) is 3.91. The molecule has 3 nitrogen and oxygen atoms in total. The SMILES string of the molecule is CCOc1ccccc1N(C)CCC1CCNCC1. The Morgan fingerprint density at radius 2 is 2.00 bits per heavy atom. The second-order valence-corrected chi connectivity index (χ2v) is 5.30. The van der Waals surface area contributed by atoms with Crippen molar-refractivity contribution in [3.05, 3.63) is 24.3 Å². The lowest BCUT2D eigenvalue weighted by Gasteiger charge is -2.27. The molecule has 1 fully saturated rings. The molecule has 0 saturated carbocycles. The smallest absolute Gasteiger partial charge is 0.142 e. The van der Waals surface area contributed by atoms with E-state index in [9.17, 15) is 0 Å². The second-order valence-electron chi connectivity index (χ2n) is 5.30. The van der Waals surface area contributed by atoms with E-state index in [4.69, 9.17) is 4.74 Å². The minimum Gasteiger partial charge on any atom is -0.492 e. The summed E-state index contributed by atoms with van der Waals surface area (Å²) >= 11 is 0. The molecule has 0 aromatic heterocycles. The minimum atomic E-state index is 0.721. The van der Waals surface area contributed by atoms with Crippen LogP contribution in [0.1, 0.15) is 26.2 Å². The molecule has 0 atom stereocenters. The van der Waals surface area contributed by atoms with E-state index in [-0.39, 0.29) is 0 Å². The first-order valence-electron chi connectivity index (χ1n) is 7.45. The molecule has 0 radical (unpaired) electrons. The highest BCUT2D eigenvalue weighted by atomic mass is 16.5. The van der Waals surface area contributed by atoms with Crippen molar-refractivity contribution < 1.29 is 4.74 Å². The quantitative estimate of drug-likeness (QED) is 0.853. The first-order valence-corrected chi connectivity index (χ1v) is 7.45. The molecule has 19 heavy (non-hydrogen) atoms. The number of hydrogen-bond acceptors (Lipinski definition) is 3. The number of para-hydroxylation sites is 2. The van der Waals surface area contributed by atoms with Crippen LogP contribution in [0.15, 0.2) is 24.3 Å². The Balaban J connectivity index is 1.89. The maximum atomic E-state index is 5.70. The lowest BCUT2D eigenvalue weighted by atomic mass is 9.94. The lowest BCUT2D eigenvalue weighted by molar-refractivity contribution is 0.338. The van der Waals surface area contributed by atoms with Gasteiger partial charge in [-0.2, -0.15) is 0 Å². The zero-order valence-corrected chi connectivity index (χ0v) is 12.2. The Bertz CT molecular complexity index is 375. The van der Waals surface area contributed by atoms with E-state index in [0.29, 0.717) is 0 Å². The topological polar surface area (TPSA) is 24.5 Å². The molecule has 1 saturated heterocycles. The number of nitrogens with one attached hydrogen (secondary N) is 1. The predicted molar refractivity (Wildman–Crippen MR) is 81.1 cm³/mol. The fraction of sp³-hybridized carbons (Fsp3) is 0.625. The molecule has 0 spiro atoms. The Hall–Kier alpha value is -1.22. The number of hydrogen-bond donors (Lipinski definition) is 1. The summed E-state index contributed by atoms with van der Waals surface area (Å²) in [6.07, 6.45) is 3.92. The third kappa shape index (κ3) is 4.13. The zero-order valence-electron chi connectivity index (χ0n) is 12.2. The molecule has 1 aromatic rings. The van der Waals surface area contributed by atoms with Crippen LogP contribution in [-0.4, -0.2) is 33.3 Å². The van der Waals surface area contributed by atoms with Gasteiger partial charge in [0.05, 0.1) is 12.3 Å². The number of ether oxygens (including phenoxy) is 1. The molecule has 0 unspecified atom stereocenters. The standard InChI is InChI=1S/C16H26N2O/c1-3-19-16-7-5-4-6-15(16)18(2)13-10-14-8-11-17-12-9-14/h4-7,14,17H,3,8-13H2,1-2H3. The zero-order chi connectivity index (χ0) is 13.5. The van der Waals surface area contributed by atoms with Crippen LogP contribution in [-0.2, 0) is 0 Å². The number of nitrogens with zero attached hydrogens (tertiary/aromatic N) is 1. The number of rotatable bonds is 6. The van der Waals surface area contributed by atoms with Crippen LogP contribution >= 0.6 is 0 Å². The van der Waals surface area contributed by atoms with Crippen LogP contribution in [0, 0.1) is 5.92 Å². The van der Waals surface area contributed by atoms with Gasteiger partial charge in [0.1, 0.15) is 5.75 Å². The van der Waals surface area contributed by atoms with Gasteiger partial charge in [0.25, 0.3) is 0 Å². The molecule has 2 rings (SSSR count). The number of benzene rings is 1. The van der Waals surface area contributed by atoms with Crippen LogP contribution in [0.5, 0.6) is 5.75 Å². The molecule has 0 aliphatic carbocycles. The average Bonchev–Trinajstić information content (AvgIpc) is 2.47. The maximum Gasteiger partial charge on any atom is 0.142 e. The minimum absolute atomic E-state index is 0.721. The molecule has 1 aliphatic rings. The van der Waals surface area contributed by atoms with E-state index >= 15 is 0 Å². The highest BCUT2D eigenvalue weighted by molar-refractivity contribution is 5.57. The van der Waals surface area contributed by atoms with Crippen molar-refractivity contribution in [1.29, 1.82) is 0 Å². The highest BCUT2D eigenvalue weighted by Crippen LogP contribution is 2.28. The van der Waals surface area contributed by atoms with Gasteiger partial charge in [-0.15, -0.1) is 0 Å². The van der Waals surface area contributed by atoms with E-state index in [1.165, 1.54) is 38.0 Å². The van der Waals surface area contributed by atoms with Crippen LogP contribution < -0.4 is 15.0 Å². The Labute approximate surface area is 116 Å². The van der Waals surface area contributed by atoms with Crippen molar-refractivity contribution in [2.75, 3.05) is 38.2 Å². The van der Waals surface area contributed by atoms with E-state index in [1.54, 1.807) is 0 Å². The molecule has 1 heterocycles. The van der Waals surface area contributed by atoms with Gasteiger partial charge in [-0.3, -0.25) is 0 Å². The van der Waals surface area contributed by atoms with Gasteiger partial charge < -0.3 is 15.0 Å². The molecule has 1 N–H and O–H groups in total. The molecule has 3 heteroatoms. The van der Waals surface area contributed by atoms with Gasteiger partial charge in [0.15, 0.2) is 0 Å². The molecular formula is C16H26N2O. The molecule has 1 aromatic carbocycles. The van der Waals surface area contributed by atoms with E-state index in [1.807, 2.05) is 13.0 Å². The van der Waals surface area contributed by atoms with Crippen LogP contribution in [0.2, 0.25) is 0 Å². The fourth-order valence-corrected chi connectivity index (χ4v) is 2.72. The summed E-state index contributed by atoms with van der Waals surface area (Å²) < 4.78 is 5.70. The van der Waals surface area contributed by atoms with Gasteiger partial charge in [0, 0.05) is 13.6 Å². The fourth-order valence-electron chi connectivity index (χ4n) is 2.72.